The number of carbonyl (C=O) groups is 1. The van der Waals surface area contributed by atoms with Crippen LogP contribution >= 0.6 is 11.8 Å². The molecule has 2 heterocycles. The molecule has 2 N–H and O–H groups in total. The summed E-state index contributed by atoms with van der Waals surface area (Å²) in [6.07, 6.45) is 0.838. The molecule has 1 amide bonds. The minimum absolute atomic E-state index is 0.0384. The number of rotatable bonds is 3. The lowest BCUT2D eigenvalue weighted by Gasteiger charge is -2.21. The number of para-hydroxylation sites is 1. The summed E-state index contributed by atoms with van der Waals surface area (Å²) in [7, 11) is 0. The number of amides is 1. The van der Waals surface area contributed by atoms with Gasteiger partial charge in [0.25, 0.3) is 0 Å². The monoisotopic (exact) mass is 349 g/mol. The Morgan fingerprint density at radius 3 is 2.76 bits per heavy atom. The highest BCUT2D eigenvalue weighted by Crippen LogP contribution is 2.32. The Kier molecular flexibility index (Phi) is 4.60. The minimum atomic E-state index is -0.432. The van der Waals surface area contributed by atoms with Crippen LogP contribution in [0.2, 0.25) is 0 Å². The number of nitrogens with zero attached hydrogens (tertiary/aromatic N) is 4. The summed E-state index contributed by atoms with van der Waals surface area (Å²) in [5, 5.41) is 18.2. The molecule has 1 aromatic heterocycles. The Morgan fingerprint density at radius 2 is 2.04 bits per heavy atom. The lowest BCUT2D eigenvalue weighted by molar-refractivity contribution is -0.117. The first-order valence-corrected chi connectivity index (χ1v) is 8.59. The third kappa shape index (κ3) is 3.15. The maximum Gasteiger partial charge on any atom is 0.240 e. The molecule has 6 nitrogen and oxygen atoms in total. The van der Waals surface area contributed by atoms with Crippen LogP contribution in [0.15, 0.2) is 35.4 Å². The Balaban J connectivity index is 1.83. The molecular formula is C18H15N5OS. The molecule has 7 heteroatoms. The van der Waals surface area contributed by atoms with Gasteiger partial charge in [0.1, 0.15) is 23.0 Å². The summed E-state index contributed by atoms with van der Waals surface area (Å²) < 4.78 is 0. The van der Waals surface area contributed by atoms with Crippen molar-refractivity contribution in [1.82, 2.24) is 4.98 Å². The molecule has 124 valence electrons. The SMILES string of the molecule is C[C@H](Sc1nc(N)c(C#N)cc1C#N)C(=O)N1CCc2ccccc21. The van der Waals surface area contributed by atoms with Crippen molar-refractivity contribution in [1.29, 1.82) is 10.5 Å². The molecule has 1 aliphatic heterocycles. The van der Waals surface area contributed by atoms with Gasteiger partial charge in [-0.3, -0.25) is 4.79 Å². The molecule has 0 saturated heterocycles. The Bertz CT molecular complexity index is 928. The van der Waals surface area contributed by atoms with Crippen LogP contribution in [0.1, 0.15) is 23.6 Å². The number of hydrogen-bond donors (Lipinski definition) is 1. The van der Waals surface area contributed by atoms with Gasteiger partial charge in [0, 0.05) is 12.2 Å². The van der Waals surface area contributed by atoms with E-state index < -0.39 is 5.25 Å². The van der Waals surface area contributed by atoms with Crippen LogP contribution in [0, 0.1) is 22.7 Å². The number of thioether (sulfide) groups is 1. The average Bonchev–Trinajstić information content (AvgIpc) is 3.05. The van der Waals surface area contributed by atoms with Gasteiger partial charge in [0.05, 0.1) is 16.4 Å². The smallest absolute Gasteiger partial charge is 0.240 e. The van der Waals surface area contributed by atoms with E-state index in [0.717, 1.165) is 17.7 Å². The molecular weight excluding hydrogens is 334 g/mol. The van der Waals surface area contributed by atoms with Gasteiger partial charge in [-0.15, -0.1) is 0 Å². The maximum absolute atomic E-state index is 12.8. The number of nitriles is 2. The quantitative estimate of drug-likeness (QED) is 0.853. The second-order valence-electron chi connectivity index (χ2n) is 5.63. The van der Waals surface area contributed by atoms with Crippen LogP contribution in [0.4, 0.5) is 11.5 Å². The number of hydrogen-bond acceptors (Lipinski definition) is 6. The summed E-state index contributed by atoms with van der Waals surface area (Å²) >= 11 is 1.18. The van der Waals surface area contributed by atoms with Crippen molar-refractivity contribution in [3.63, 3.8) is 0 Å². The number of fused-ring (bicyclic) bond motifs is 1. The molecule has 0 fully saturated rings. The molecule has 0 saturated carbocycles. The fourth-order valence-corrected chi connectivity index (χ4v) is 3.72. The zero-order valence-corrected chi connectivity index (χ0v) is 14.4. The summed E-state index contributed by atoms with van der Waals surface area (Å²) in [4.78, 5) is 18.7. The van der Waals surface area contributed by atoms with Crippen molar-refractivity contribution in [2.45, 2.75) is 23.6 Å². The number of anilines is 2. The predicted octanol–water partition coefficient (Wildman–Crippen LogP) is 2.48. The van der Waals surface area contributed by atoms with Gasteiger partial charge < -0.3 is 10.6 Å². The number of carbonyl (C=O) groups excluding carboxylic acids is 1. The van der Waals surface area contributed by atoms with Crippen LogP contribution in [-0.2, 0) is 11.2 Å². The van der Waals surface area contributed by atoms with Gasteiger partial charge in [0.2, 0.25) is 5.91 Å². The molecule has 2 aromatic rings. The maximum atomic E-state index is 12.8. The van der Waals surface area contributed by atoms with Gasteiger partial charge in [-0.05, 0) is 31.0 Å². The molecule has 25 heavy (non-hydrogen) atoms. The van der Waals surface area contributed by atoms with Gasteiger partial charge in [-0.1, -0.05) is 30.0 Å². The van der Waals surface area contributed by atoms with Crippen LogP contribution in [0.3, 0.4) is 0 Å². The predicted molar refractivity (Wildman–Crippen MR) is 95.9 cm³/mol. The first-order valence-electron chi connectivity index (χ1n) is 7.71. The second kappa shape index (κ2) is 6.84. The van der Waals surface area contributed by atoms with E-state index in [0.29, 0.717) is 11.6 Å². The highest BCUT2D eigenvalue weighted by molar-refractivity contribution is 8.00. The summed E-state index contributed by atoms with van der Waals surface area (Å²) in [6.45, 7) is 2.43. The summed E-state index contributed by atoms with van der Waals surface area (Å²) in [5.41, 5.74) is 8.25. The average molecular weight is 349 g/mol. The molecule has 1 aromatic carbocycles. The van der Waals surface area contributed by atoms with Crippen LogP contribution < -0.4 is 10.6 Å². The third-order valence-corrected chi connectivity index (χ3v) is 5.14. The van der Waals surface area contributed by atoms with Gasteiger partial charge in [-0.25, -0.2) is 4.98 Å². The van der Waals surface area contributed by atoms with Crippen LogP contribution in [0.5, 0.6) is 0 Å². The normalized spacial score (nSPS) is 13.6. The molecule has 0 radical (unpaired) electrons. The highest BCUT2D eigenvalue weighted by atomic mass is 32.2. The fourth-order valence-electron chi connectivity index (χ4n) is 2.77. The zero-order chi connectivity index (χ0) is 18.0. The van der Waals surface area contributed by atoms with Crippen LogP contribution in [-0.4, -0.2) is 22.7 Å². The van der Waals surface area contributed by atoms with Crippen molar-refractivity contribution in [2.24, 2.45) is 0 Å². The third-order valence-electron chi connectivity index (χ3n) is 4.05. The van der Waals surface area contributed by atoms with E-state index in [1.807, 2.05) is 36.4 Å². The van der Waals surface area contributed by atoms with E-state index in [1.54, 1.807) is 11.8 Å². The van der Waals surface area contributed by atoms with E-state index in [4.69, 9.17) is 11.0 Å². The number of nitrogens with two attached hydrogens (primary N) is 1. The van der Waals surface area contributed by atoms with Gasteiger partial charge >= 0.3 is 0 Å². The zero-order valence-electron chi connectivity index (χ0n) is 13.6. The lowest BCUT2D eigenvalue weighted by Crippen LogP contribution is -2.35. The first kappa shape index (κ1) is 16.8. The molecule has 3 rings (SSSR count). The molecule has 1 aliphatic rings. The minimum Gasteiger partial charge on any atom is -0.383 e. The topological polar surface area (TPSA) is 107 Å². The fraction of sp³-hybridized carbons (Fsp3) is 0.222. The number of pyridine rings is 1. The van der Waals surface area contributed by atoms with E-state index in [2.05, 4.69) is 4.98 Å². The number of nitrogen functional groups attached to an aromatic ring is 1. The largest absolute Gasteiger partial charge is 0.383 e. The van der Waals surface area contributed by atoms with Crippen molar-refractivity contribution in [3.8, 4) is 12.1 Å². The lowest BCUT2D eigenvalue weighted by atomic mass is 10.2. The molecule has 0 spiro atoms. The molecule has 0 aliphatic carbocycles. The second-order valence-corrected chi connectivity index (χ2v) is 6.96. The first-order chi connectivity index (χ1) is 12.0. The Hall–Kier alpha value is -3.03. The van der Waals surface area contributed by atoms with Crippen LogP contribution in [0.25, 0.3) is 0 Å². The summed E-state index contributed by atoms with van der Waals surface area (Å²) in [5.74, 6) is 0.0266. The van der Waals surface area contributed by atoms with Gasteiger partial charge in [-0.2, -0.15) is 10.5 Å². The van der Waals surface area contributed by atoms with E-state index in [1.165, 1.54) is 17.8 Å². The standard InChI is InChI=1S/C18H15N5OS/c1-11(18(24)23-7-6-12-4-2-3-5-15(12)23)25-17-14(10-20)8-13(9-19)16(21)22-17/h2-5,8,11H,6-7H2,1H3,(H2,21,22)/t11-/m0/s1. The Morgan fingerprint density at radius 1 is 1.32 bits per heavy atom. The van der Waals surface area contributed by atoms with Gasteiger partial charge in [0.15, 0.2) is 0 Å². The number of benzene rings is 1. The Labute approximate surface area is 149 Å². The van der Waals surface area contributed by atoms with E-state index in [-0.39, 0.29) is 22.9 Å². The van der Waals surface area contributed by atoms with Crippen molar-refractivity contribution < 1.29 is 4.79 Å². The summed E-state index contributed by atoms with van der Waals surface area (Å²) in [6, 6.07) is 13.2. The molecule has 1 atom stereocenters. The molecule has 0 bridgehead atoms. The highest BCUT2D eigenvalue weighted by Gasteiger charge is 2.29. The van der Waals surface area contributed by atoms with Crippen molar-refractivity contribution >= 4 is 29.2 Å². The van der Waals surface area contributed by atoms with E-state index in [9.17, 15) is 10.1 Å². The van der Waals surface area contributed by atoms with E-state index >= 15 is 0 Å². The van der Waals surface area contributed by atoms with Crippen molar-refractivity contribution in [3.05, 3.63) is 47.0 Å². The molecule has 0 unspecified atom stereocenters. The van der Waals surface area contributed by atoms with Crippen molar-refractivity contribution in [2.75, 3.05) is 17.2 Å². The number of aromatic nitrogens is 1.